The summed E-state index contributed by atoms with van der Waals surface area (Å²) in [4.78, 5) is 2.51. The minimum absolute atomic E-state index is 0.0245. The molecule has 0 saturated carbocycles. The van der Waals surface area contributed by atoms with Crippen molar-refractivity contribution in [2.45, 2.75) is 39.2 Å². The molecule has 1 aliphatic heterocycles. The molecule has 0 spiro atoms. The average molecular weight is 228 g/mol. The molecule has 3 heteroatoms. The van der Waals surface area contributed by atoms with Crippen molar-refractivity contribution in [1.29, 1.82) is 0 Å². The Morgan fingerprint density at radius 2 is 1.94 bits per heavy atom. The van der Waals surface area contributed by atoms with Crippen molar-refractivity contribution in [3.8, 4) is 0 Å². The largest absolute Gasteiger partial charge is 0.383 e. The maximum Gasteiger partial charge on any atom is 0.0656 e. The molecular formula is C13H28N2O. The lowest BCUT2D eigenvalue weighted by Crippen LogP contribution is -2.57. The fourth-order valence-electron chi connectivity index (χ4n) is 2.70. The first-order valence-electron chi connectivity index (χ1n) is 6.47. The molecule has 16 heavy (non-hydrogen) atoms. The van der Waals surface area contributed by atoms with Crippen molar-refractivity contribution in [2.24, 2.45) is 17.6 Å². The normalized spacial score (nSPS) is 23.6. The summed E-state index contributed by atoms with van der Waals surface area (Å²) >= 11 is 0. The standard InChI is InChI=1S/C13H28N2O/c1-11(2)12-5-7-15(8-6-12)13(3,9-14)10-16-4/h11-12H,5-10,14H2,1-4H3. The Morgan fingerprint density at radius 3 is 2.31 bits per heavy atom. The number of nitrogens with two attached hydrogens (primary N) is 1. The summed E-state index contributed by atoms with van der Waals surface area (Å²) in [7, 11) is 1.76. The quantitative estimate of drug-likeness (QED) is 0.778. The van der Waals surface area contributed by atoms with Crippen molar-refractivity contribution >= 4 is 0 Å². The van der Waals surface area contributed by atoms with Crippen molar-refractivity contribution in [2.75, 3.05) is 33.4 Å². The lowest BCUT2D eigenvalue weighted by molar-refractivity contribution is 0.00181. The van der Waals surface area contributed by atoms with E-state index in [1.165, 1.54) is 25.9 Å². The molecule has 96 valence electrons. The predicted molar refractivity (Wildman–Crippen MR) is 68.5 cm³/mol. The first-order valence-corrected chi connectivity index (χ1v) is 6.47. The van der Waals surface area contributed by atoms with E-state index in [2.05, 4.69) is 25.7 Å². The molecule has 1 rings (SSSR count). The van der Waals surface area contributed by atoms with Crippen LogP contribution in [-0.2, 0) is 4.74 Å². The van der Waals surface area contributed by atoms with Crippen molar-refractivity contribution in [3.05, 3.63) is 0 Å². The van der Waals surface area contributed by atoms with E-state index >= 15 is 0 Å². The van der Waals surface area contributed by atoms with Gasteiger partial charge in [0.1, 0.15) is 0 Å². The molecule has 0 aromatic carbocycles. The fourth-order valence-corrected chi connectivity index (χ4v) is 2.70. The zero-order valence-electron chi connectivity index (χ0n) is 11.3. The number of piperidine rings is 1. The molecule has 1 heterocycles. The minimum Gasteiger partial charge on any atom is -0.383 e. The highest BCUT2D eigenvalue weighted by atomic mass is 16.5. The third kappa shape index (κ3) is 3.19. The fraction of sp³-hybridized carbons (Fsp3) is 1.00. The summed E-state index contributed by atoms with van der Waals surface area (Å²) in [6.45, 7) is 10.6. The number of rotatable bonds is 5. The van der Waals surface area contributed by atoms with Gasteiger partial charge in [0.05, 0.1) is 12.1 Å². The molecule has 0 aromatic heterocycles. The topological polar surface area (TPSA) is 38.5 Å². The van der Waals surface area contributed by atoms with Crippen LogP contribution in [0.3, 0.4) is 0 Å². The third-order valence-electron chi connectivity index (χ3n) is 4.14. The van der Waals surface area contributed by atoms with Crippen molar-refractivity contribution < 1.29 is 4.74 Å². The number of ether oxygens (including phenoxy) is 1. The minimum atomic E-state index is 0.0245. The van der Waals surface area contributed by atoms with Gasteiger partial charge in [0.2, 0.25) is 0 Å². The molecule has 0 radical (unpaired) electrons. The van der Waals surface area contributed by atoms with Crippen LogP contribution in [0.2, 0.25) is 0 Å². The highest BCUT2D eigenvalue weighted by molar-refractivity contribution is 4.90. The molecule has 1 aliphatic rings. The van der Waals surface area contributed by atoms with Gasteiger partial charge in [-0.15, -0.1) is 0 Å². The van der Waals surface area contributed by atoms with E-state index in [4.69, 9.17) is 10.5 Å². The molecule has 3 nitrogen and oxygen atoms in total. The van der Waals surface area contributed by atoms with Crippen LogP contribution in [0.5, 0.6) is 0 Å². The Balaban J connectivity index is 2.51. The summed E-state index contributed by atoms with van der Waals surface area (Å²) in [5, 5.41) is 0. The van der Waals surface area contributed by atoms with Gasteiger partial charge in [0, 0.05) is 13.7 Å². The number of nitrogens with zero attached hydrogens (tertiary/aromatic N) is 1. The Kier molecular flexibility index (Phi) is 5.22. The maximum atomic E-state index is 5.90. The van der Waals surface area contributed by atoms with Gasteiger partial charge < -0.3 is 10.5 Å². The van der Waals surface area contributed by atoms with Crippen LogP contribution in [0.15, 0.2) is 0 Å². The second kappa shape index (κ2) is 5.99. The summed E-state index contributed by atoms with van der Waals surface area (Å²) in [5.41, 5.74) is 5.92. The van der Waals surface area contributed by atoms with Crippen LogP contribution in [0.1, 0.15) is 33.6 Å². The summed E-state index contributed by atoms with van der Waals surface area (Å²) < 4.78 is 5.30. The molecule has 1 atom stereocenters. The van der Waals surface area contributed by atoms with Crippen LogP contribution >= 0.6 is 0 Å². The zero-order valence-corrected chi connectivity index (χ0v) is 11.3. The first kappa shape index (κ1) is 13.9. The number of hydrogen-bond acceptors (Lipinski definition) is 3. The van der Waals surface area contributed by atoms with Crippen LogP contribution in [0.25, 0.3) is 0 Å². The van der Waals surface area contributed by atoms with Crippen LogP contribution in [0.4, 0.5) is 0 Å². The highest BCUT2D eigenvalue weighted by Gasteiger charge is 2.33. The van der Waals surface area contributed by atoms with E-state index in [-0.39, 0.29) is 5.54 Å². The molecule has 1 saturated heterocycles. The molecule has 0 bridgehead atoms. The van der Waals surface area contributed by atoms with Crippen molar-refractivity contribution in [3.63, 3.8) is 0 Å². The van der Waals surface area contributed by atoms with Crippen LogP contribution in [-0.4, -0.2) is 43.8 Å². The molecule has 1 unspecified atom stereocenters. The Morgan fingerprint density at radius 1 is 1.38 bits per heavy atom. The first-order chi connectivity index (χ1) is 7.53. The van der Waals surface area contributed by atoms with Gasteiger partial charge in [0.15, 0.2) is 0 Å². The summed E-state index contributed by atoms with van der Waals surface area (Å²) in [6, 6.07) is 0. The zero-order chi connectivity index (χ0) is 12.2. The third-order valence-corrected chi connectivity index (χ3v) is 4.14. The highest BCUT2D eigenvalue weighted by Crippen LogP contribution is 2.28. The summed E-state index contributed by atoms with van der Waals surface area (Å²) in [6.07, 6.45) is 2.61. The van der Waals surface area contributed by atoms with E-state index in [1.807, 2.05) is 0 Å². The average Bonchev–Trinajstić information content (AvgIpc) is 2.29. The van der Waals surface area contributed by atoms with E-state index in [0.717, 1.165) is 18.4 Å². The van der Waals surface area contributed by atoms with E-state index in [9.17, 15) is 0 Å². The number of methoxy groups -OCH3 is 1. The maximum absolute atomic E-state index is 5.90. The van der Waals surface area contributed by atoms with Gasteiger partial charge in [-0.3, -0.25) is 4.90 Å². The Hall–Kier alpha value is -0.120. The van der Waals surface area contributed by atoms with Crippen LogP contribution in [0, 0.1) is 11.8 Å². The smallest absolute Gasteiger partial charge is 0.0656 e. The van der Waals surface area contributed by atoms with Crippen molar-refractivity contribution in [1.82, 2.24) is 4.90 Å². The predicted octanol–water partition coefficient (Wildman–Crippen LogP) is 1.72. The van der Waals surface area contributed by atoms with Gasteiger partial charge in [-0.05, 0) is 44.7 Å². The molecule has 0 amide bonds. The number of likely N-dealkylation sites (tertiary alicyclic amines) is 1. The lowest BCUT2D eigenvalue weighted by atomic mass is 9.84. The lowest BCUT2D eigenvalue weighted by Gasteiger charge is -2.44. The molecule has 0 aliphatic carbocycles. The van der Waals surface area contributed by atoms with Gasteiger partial charge in [-0.2, -0.15) is 0 Å². The van der Waals surface area contributed by atoms with Gasteiger partial charge in [-0.1, -0.05) is 13.8 Å². The monoisotopic (exact) mass is 228 g/mol. The second-order valence-corrected chi connectivity index (χ2v) is 5.70. The summed E-state index contributed by atoms with van der Waals surface area (Å²) in [5.74, 6) is 1.70. The molecule has 2 N–H and O–H groups in total. The van der Waals surface area contributed by atoms with Gasteiger partial charge in [0.25, 0.3) is 0 Å². The van der Waals surface area contributed by atoms with Crippen LogP contribution < -0.4 is 5.73 Å². The second-order valence-electron chi connectivity index (χ2n) is 5.70. The van der Waals surface area contributed by atoms with E-state index < -0.39 is 0 Å². The van der Waals surface area contributed by atoms with E-state index in [1.54, 1.807) is 7.11 Å². The molecular weight excluding hydrogens is 200 g/mol. The van der Waals surface area contributed by atoms with E-state index in [0.29, 0.717) is 6.54 Å². The van der Waals surface area contributed by atoms with Gasteiger partial charge >= 0.3 is 0 Å². The number of hydrogen-bond donors (Lipinski definition) is 1. The molecule has 1 fully saturated rings. The SMILES string of the molecule is COCC(C)(CN)N1CCC(C(C)C)CC1. The molecule has 0 aromatic rings. The Labute approximate surface area is 100 Å². The van der Waals surface area contributed by atoms with Gasteiger partial charge in [-0.25, -0.2) is 0 Å². The Bertz CT molecular complexity index is 200.